The smallest absolute Gasteiger partial charge is 0.221 e. The molecule has 0 saturated heterocycles. The van der Waals surface area contributed by atoms with E-state index in [0.717, 1.165) is 18.4 Å². The maximum atomic E-state index is 11.9. The molecule has 1 fully saturated rings. The minimum atomic E-state index is -0.00356. The zero-order valence-electron chi connectivity index (χ0n) is 10.2. The lowest BCUT2D eigenvalue weighted by Gasteiger charge is -2.40. The highest BCUT2D eigenvalue weighted by atomic mass is 16.1. The van der Waals surface area contributed by atoms with Crippen LogP contribution in [0, 0.1) is 5.41 Å². The first-order valence-corrected chi connectivity index (χ1v) is 6.13. The summed E-state index contributed by atoms with van der Waals surface area (Å²) in [7, 11) is 0. The van der Waals surface area contributed by atoms with Crippen molar-refractivity contribution in [1.29, 1.82) is 0 Å². The van der Waals surface area contributed by atoms with Gasteiger partial charge in [0.1, 0.15) is 0 Å². The summed E-state index contributed by atoms with van der Waals surface area (Å²) in [6.07, 6.45) is 7.43. The molecule has 5 nitrogen and oxygen atoms in total. The second kappa shape index (κ2) is 4.87. The van der Waals surface area contributed by atoms with Gasteiger partial charge in [-0.1, -0.05) is 6.42 Å². The van der Waals surface area contributed by atoms with E-state index in [1.54, 1.807) is 12.4 Å². The predicted octanol–water partition coefficient (Wildman–Crippen LogP) is 1.11. The number of aromatic amines is 1. The highest BCUT2D eigenvalue weighted by Gasteiger charge is 2.37. The molecule has 1 aromatic heterocycles. The number of carbonyl (C=O) groups is 1. The Morgan fingerprint density at radius 2 is 2.47 bits per heavy atom. The Bertz CT molecular complexity index is 364. The highest BCUT2D eigenvalue weighted by molar-refractivity contribution is 5.77. The molecular weight excluding hydrogens is 216 g/mol. The van der Waals surface area contributed by atoms with E-state index in [2.05, 4.69) is 15.5 Å². The van der Waals surface area contributed by atoms with Crippen LogP contribution in [0.4, 0.5) is 0 Å². The number of nitrogens with two attached hydrogens (primary N) is 1. The molecule has 1 aromatic rings. The molecule has 1 unspecified atom stereocenters. The molecule has 1 aliphatic rings. The number of nitrogens with zero attached hydrogens (tertiary/aromatic N) is 1. The van der Waals surface area contributed by atoms with Gasteiger partial charge >= 0.3 is 0 Å². The molecule has 1 atom stereocenters. The van der Waals surface area contributed by atoms with E-state index in [9.17, 15) is 4.79 Å². The van der Waals surface area contributed by atoms with Crippen LogP contribution in [0.2, 0.25) is 0 Å². The van der Waals surface area contributed by atoms with Gasteiger partial charge in [0.05, 0.1) is 12.2 Å². The number of aromatic nitrogens is 2. The quantitative estimate of drug-likeness (QED) is 0.716. The van der Waals surface area contributed by atoms with E-state index in [-0.39, 0.29) is 17.4 Å². The molecule has 0 spiro atoms. The second-order valence-corrected chi connectivity index (χ2v) is 5.06. The van der Waals surface area contributed by atoms with Gasteiger partial charge in [-0.25, -0.2) is 0 Å². The molecule has 4 N–H and O–H groups in total. The molecule has 0 radical (unpaired) electrons. The summed E-state index contributed by atoms with van der Waals surface area (Å²) in [4.78, 5) is 11.9. The zero-order valence-corrected chi connectivity index (χ0v) is 10.2. The maximum Gasteiger partial charge on any atom is 0.221 e. The lowest BCUT2D eigenvalue weighted by Crippen LogP contribution is -2.42. The van der Waals surface area contributed by atoms with E-state index in [0.29, 0.717) is 13.0 Å². The number of amides is 1. The molecular formula is C12H20N4O. The van der Waals surface area contributed by atoms with Crippen LogP contribution in [-0.2, 0) is 4.79 Å². The molecule has 2 rings (SSSR count). The van der Waals surface area contributed by atoms with Gasteiger partial charge in [-0.15, -0.1) is 0 Å². The van der Waals surface area contributed by atoms with Crippen molar-refractivity contribution in [2.45, 2.75) is 38.6 Å². The predicted molar refractivity (Wildman–Crippen MR) is 65.1 cm³/mol. The maximum absolute atomic E-state index is 11.9. The molecule has 0 aromatic carbocycles. The average molecular weight is 236 g/mol. The lowest BCUT2D eigenvalue weighted by molar-refractivity contribution is -0.125. The Morgan fingerprint density at radius 1 is 1.71 bits per heavy atom. The molecule has 5 heteroatoms. The Balaban J connectivity index is 1.85. The summed E-state index contributed by atoms with van der Waals surface area (Å²) < 4.78 is 0. The van der Waals surface area contributed by atoms with Crippen LogP contribution >= 0.6 is 0 Å². The molecule has 94 valence electrons. The third kappa shape index (κ3) is 2.66. The van der Waals surface area contributed by atoms with E-state index in [4.69, 9.17) is 5.73 Å². The SMILES string of the molecule is CC(NC(=O)CC1(CN)CCC1)c1cn[nH]c1. The minimum Gasteiger partial charge on any atom is -0.349 e. The number of carbonyl (C=O) groups excluding carboxylic acids is 1. The largest absolute Gasteiger partial charge is 0.349 e. The summed E-state index contributed by atoms with van der Waals surface area (Å²) >= 11 is 0. The Morgan fingerprint density at radius 3 is 2.94 bits per heavy atom. The first kappa shape index (κ1) is 12.1. The minimum absolute atomic E-state index is 0.00356. The molecule has 1 aliphatic carbocycles. The van der Waals surface area contributed by atoms with Crippen molar-refractivity contribution >= 4 is 5.91 Å². The third-order valence-electron chi connectivity index (χ3n) is 3.78. The molecule has 0 bridgehead atoms. The summed E-state index contributed by atoms with van der Waals surface area (Å²) in [6, 6.07) is -0.00356. The number of hydrogen-bond acceptors (Lipinski definition) is 3. The van der Waals surface area contributed by atoms with Crippen LogP contribution in [0.25, 0.3) is 0 Å². The van der Waals surface area contributed by atoms with Crippen molar-refractivity contribution in [3.8, 4) is 0 Å². The van der Waals surface area contributed by atoms with Crippen LogP contribution in [0.1, 0.15) is 44.2 Å². The van der Waals surface area contributed by atoms with Crippen molar-refractivity contribution in [3.63, 3.8) is 0 Å². The van der Waals surface area contributed by atoms with Gasteiger partial charge in [0.2, 0.25) is 5.91 Å². The van der Waals surface area contributed by atoms with Gasteiger partial charge in [0.15, 0.2) is 0 Å². The normalized spacial score (nSPS) is 19.4. The van der Waals surface area contributed by atoms with Gasteiger partial charge in [-0.2, -0.15) is 5.10 Å². The number of nitrogens with one attached hydrogen (secondary N) is 2. The van der Waals surface area contributed by atoms with E-state index in [1.807, 2.05) is 6.92 Å². The van der Waals surface area contributed by atoms with Gasteiger partial charge < -0.3 is 11.1 Å². The van der Waals surface area contributed by atoms with Crippen molar-refractivity contribution in [2.24, 2.45) is 11.1 Å². The van der Waals surface area contributed by atoms with Crippen molar-refractivity contribution in [1.82, 2.24) is 15.5 Å². The van der Waals surface area contributed by atoms with Crippen molar-refractivity contribution in [2.75, 3.05) is 6.54 Å². The lowest BCUT2D eigenvalue weighted by atomic mass is 9.66. The fraction of sp³-hybridized carbons (Fsp3) is 0.667. The van der Waals surface area contributed by atoms with Gasteiger partial charge in [0, 0.05) is 18.2 Å². The summed E-state index contributed by atoms with van der Waals surface area (Å²) in [5.41, 5.74) is 6.81. The van der Waals surface area contributed by atoms with Gasteiger partial charge in [-0.05, 0) is 31.7 Å². The Labute approximate surface area is 101 Å². The Kier molecular flexibility index (Phi) is 3.47. The summed E-state index contributed by atoms with van der Waals surface area (Å²) in [5.74, 6) is 0.0869. The zero-order chi connectivity index (χ0) is 12.3. The van der Waals surface area contributed by atoms with Gasteiger partial charge in [-0.3, -0.25) is 9.89 Å². The monoisotopic (exact) mass is 236 g/mol. The molecule has 1 heterocycles. The molecule has 17 heavy (non-hydrogen) atoms. The second-order valence-electron chi connectivity index (χ2n) is 5.06. The molecule has 0 aliphatic heterocycles. The van der Waals surface area contributed by atoms with Crippen molar-refractivity contribution < 1.29 is 4.79 Å². The van der Waals surface area contributed by atoms with Crippen LogP contribution in [0.3, 0.4) is 0 Å². The topological polar surface area (TPSA) is 83.8 Å². The van der Waals surface area contributed by atoms with Gasteiger partial charge in [0.25, 0.3) is 0 Å². The highest BCUT2D eigenvalue weighted by Crippen LogP contribution is 2.42. The molecule has 1 saturated carbocycles. The number of H-pyrrole nitrogens is 1. The van der Waals surface area contributed by atoms with Crippen LogP contribution in [0.5, 0.6) is 0 Å². The van der Waals surface area contributed by atoms with E-state index < -0.39 is 0 Å². The number of hydrogen-bond donors (Lipinski definition) is 3. The van der Waals surface area contributed by atoms with Crippen molar-refractivity contribution in [3.05, 3.63) is 18.0 Å². The fourth-order valence-corrected chi connectivity index (χ4v) is 2.34. The molecule has 1 amide bonds. The first-order valence-electron chi connectivity index (χ1n) is 6.13. The Hall–Kier alpha value is -1.36. The van der Waals surface area contributed by atoms with Crippen LogP contribution < -0.4 is 11.1 Å². The van der Waals surface area contributed by atoms with E-state index >= 15 is 0 Å². The van der Waals surface area contributed by atoms with Crippen LogP contribution in [-0.4, -0.2) is 22.6 Å². The average Bonchev–Trinajstić information content (AvgIpc) is 2.76. The number of rotatable bonds is 5. The summed E-state index contributed by atoms with van der Waals surface area (Å²) in [6.45, 7) is 2.57. The summed E-state index contributed by atoms with van der Waals surface area (Å²) in [5, 5.41) is 9.60. The van der Waals surface area contributed by atoms with E-state index in [1.165, 1.54) is 6.42 Å². The standard InChI is InChI=1S/C12H20N4O/c1-9(10-6-14-15-7-10)16-11(17)5-12(8-13)3-2-4-12/h6-7,9H,2-5,8,13H2,1H3,(H,14,15)(H,16,17). The first-order chi connectivity index (χ1) is 8.15. The van der Waals surface area contributed by atoms with Crippen LogP contribution in [0.15, 0.2) is 12.4 Å². The third-order valence-corrected chi connectivity index (χ3v) is 3.78. The fourth-order valence-electron chi connectivity index (χ4n) is 2.34.